The van der Waals surface area contributed by atoms with Crippen LogP contribution in [0.2, 0.25) is 0 Å². The second kappa shape index (κ2) is 3.61. The monoisotopic (exact) mass is 181 g/mol. The molecule has 0 aliphatic heterocycles. The molecule has 0 saturated heterocycles. The molecule has 2 aliphatic carbocycles. The first-order valence-corrected chi connectivity index (χ1v) is 5.92. The van der Waals surface area contributed by atoms with E-state index < -0.39 is 0 Å². The Bertz CT molecular complexity index is 176. The summed E-state index contributed by atoms with van der Waals surface area (Å²) >= 11 is 0. The van der Waals surface area contributed by atoms with Crippen molar-refractivity contribution in [2.24, 2.45) is 29.4 Å². The molecule has 2 bridgehead atoms. The van der Waals surface area contributed by atoms with Crippen LogP contribution < -0.4 is 5.73 Å². The molecule has 2 saturated carbocycles. The Labute approximate surface area is 82.1 Å². The Morgan fingerprint density at radius 1 is 1.23 bits per heavy atom. The van der Waals surface area contributed by atoms with Crippen LogP contribution in [0.3, 0.4) is 0 Å². The molecule has 4 unspecified atom stereocenters. The van der Waals surface area contributed by atoms with Crippen LogP contribution in [0.5, 0.6) is 0 Å². The highest BCUT2D eigenvalue weighted by molar-refractivity contribution is 4.91. The van der Waals surface area contributed by atoms with Crippen molar-refractivity contribution >= 4 is 0 Å². The average Bonchev–Trinajstić information content (AvgIpc) is 2.64. The molecule has 1 nitrogen and oxygen atoms in total. The fraction of sp³-hybridized carbons (Fsp3) is 1.00. The van der Waals surface area contributed by atoms with Gasteiger partial charge in [0.05, 0.1) is 0 Å². The third-order valence-corrected chi connectivity index (χ3v) is 4.32. The fourth-order valence-electron chi connectivity index (χ4n) is 3.29. The summed E-state index contributed by atoms with van der Waals surface area (Å²) in [7, 11) is 0. The fourth-order valence-corrected chi connectivity index (χ4v) is 3.29. The van der Waals surface area contributed by atoms with Crippen LogP contribution in [0.4, 0.5) is 0 Å². The first-order chi connectivity index (χ1) is 6.16. The molecule has 0 aromatic heterocycles. The molecule has 4 atom stereocenters. The van der Waals surface area contributed by atoms with E-state index in [0.717, 1.165) is 17.8 Å². The largest absolute Gasteiger partial charge is 0.327 e. The topological polar surface area (TPSA) is 26.0 Å². The quantitative estimate of drug-likeness (QED) is 0.712. The van der Waals surface area contributed by atoms with Crippen LogP contribution in [-0.4, -0.2) is 6.04 Å². The summed E-state index contributed by atoms with van der Waals surface area (Å²) in [6.07, 6.45) is 7.32. The SMILES string of the molecule is CC(C)C(N)CC1CC2CCC1C2. The maximum absolute atomic E-state index is 6.13. The van der Waals surface area contributed by atoms with Crippen molar-refractivity contribution in [1.82, 2.24) is 0 Å². The van der Waals surface area contributed by atoms with Crippen molar-refractivity contribution in [2.45, 2.75) is 52.0 Å². The molecule has 0 spiro atoms. The van der Waals surface area contributed by atoms with Crippen LogP contribution >= 0.6 is 0 Å². The number of hydrogen-bond donors (Lipinski definition) is 1. The maximum atomic E-state index is 6.13. The van der Waals surface area contributed by atoms with E-state index in [1.807, 2.05) is 0 Å². The lowest BCUT2D eigenvalue weighted by Crippen LogP contribution is -2.30. The third-order valence-electron chi connectivity index (χ3n) is 4.32. The molecule has 0 aromatic carbocycles. The molecule has 0 heterocycles. The van der Waals surface area contributed by atoms with Crippen molar-refractivity contribution < 1.29 is 0 Å². The van der Waals surface area contributed by atoms with E-state index in [9.17, 15) is 0 Å². The van der Waals surface area contributed by atoms with Gasteiger partial charge in [0, 0.05) is 6.04 Å². The van der Waals surface area contributed by atoms with Gasteiger partial charge < -0.3 is 5.73 Å². The molecule has 1 heteroatoms. The van der Waals surface area contributed by atoms with Crippen LogP contribution in [-0.2, 0) is 0 Å². The minimum Gasteiger partial charge on any atom is -0.327 e. The minimum atomic E-state index is 0.448. The maximum Gasteiger partial charge on any atom is 0.00646 e. The van der Waals surface area contributed by atoms with Crippen LogP contribution in [0, 0.1) is 23.7 Å². The zero-order chi connectivity index (χ0) is 9.42. The van der Waals surface area contributed by atoms with Gasteiger partial charge in [0.25, 0.3) is 0 Å². The molecular formula is C12H23N. The van der Waals surface area contributed by atoms with Gasteiger partial charge >= 0.3 is 0 Å². The highest BCUT2D eigenvalue weighted by atomic mass is 14.6. The number of hydrogen-bond acceptors (Lipinski definition) is 1. The van der Waals surface area contributed by atoms with E-state index in [0.29, 0.717) is 12.0 Å². The second-order valence-corrected chi connectivity index (χ2v) is 5.58. The molecule has 2 aliphatic rings. The normalized spacial score (nSPS) is 40.2. The minimum absolute atomic E-state index is 0.448. The van der Waals surface area contributed by atoms with Crippen LogP contribution in [0.1, 0.15) is 46.0 Å². The van der Waals surface area contributed by atoms with Crippen molar-refractivity contribution in [2.75, 3.05) is 0 Å². The summed E-state index contributed by atoms with van der Waals surface area (Å²) < 4.78 is 0. The Balaban J connectivity index is 1.83. The van der Waals surface area contributed by atoms with Crippen molar-refractivity contribution in [3.05, 3.63) is 0 Å². The summed E-state index contributed by atoms with van der Waals surface area (Å²) in [5, 5.41) is 0. The van der Waals surface area contributed by atoms with Gasteiger partial charge in [-0.2, -0.15) is 0 Å². The lowest BCUT2D eigenvalue weighted by molar-refractivity contribution is 0.274. The molecule has 0 aromatic rings. The summed E-state index contributed by atoms with van der Waals surface area (Å²) in [5.74, 6) is 3.78. The van der Waals surface area contributed by atoms with Crippen molar-refractivity contribution in [3.63, 3.8) is 0 Å². The molecule has 0 amide bonds. The standard InChI is InChI=1S/C12H23N/c1-8(2)12(13)7-11-6-9-3-4-10(11)5-9/h8-12H,3-7,13H2,1-2H3. The van der Waals surface area contributed by atoms with Crippen molar-refractivity contribution in [3.8, 4) is 0 Å². The number of rotatable bonds is 3. The average molecular weight is 181 g/mol. The smallest absolute Gasteiger partial charge is 0.00646 e. The van der Waals surface area contributed by atoms with Gasteiger partial charge in [0.1, 0.15) is 0 Å². The molecule has 76 valence electrons. The van der Waals surface area contributed by atoms with Crippen molar-refractivity contribution in [1.29, 1.82) is 0 Å². The Morgan fingerprint density at radius 3 is 2.46 bits per heavy atom. The van der Waals surface area contributed by atoms with E-state index >= 15 is 0 Å². The highest BCUT2D eigenvalue weighted by Gasteiger charge is 2.39. The summed E-state index contributed by atoms with van der Waals surface area (Å²) in [4.78, 5) is 0. The lowest BCUT2D eigenvalue weighted by atomic mass is 9.82. The van der Waals surface area contributed by atoms with Gasteiger partial charge in [0.15, 0.2) is 0 Å². The number of nitrogens with two attached hydrogens (primary N) is 1. The van der Waals surface area contributed by atoms with Crippen LogP contribution in [0.25, 0.3) is 0 Å². The molecule has 0 radical (unpaired) electrons. The first-order valence-electron chi connectivity index (χ1n) is 5.92. The molecule has 2 N–H and O–H groups in total. The van der Waals surface area contributed by atoms with Crippen LogP contribution in [0.15, 0.2) is 0 Å². The molecule has 2 fully saturated rings. The Morgan fingerprint density at radius 2 is 2.00 bits per heavy atom. The van der Waals surface area contributed by atoms with E-state index in [1.54, 1.807) is 0 Å². The summed E-state index contributed by atoms with van der Waals surface area (Å²) in [6, 6.07) is 0.448. The van der Waals surface area contributed by atoms with Gasteiger partial charge in [-0.15, -0.1) is 0 Å². The molecule has 2 rings (SSSR count). The van der Waals surface area contributed by atoms with Gasteiger partial charge in [0.2, 0.25) is 0 Å². The number of fused-ring (bicyclic) bond motifs is 2. The lowest BCUT2D eigenvalue weighted by Gasteiger charge is -2.26. The van der Waals surface area contributed by atoms with E-state index in [-0.39, 0.29) is 0 Å². The second-order valence-electron chi connectivity index (χ2n) is 5.58. The summed E-state index contributed by atoms with van der Waals surface area (Å²) in [6.45, 7) is 4.50. The Kier molecular flexibility index (Phi) is 2.64. The zero-order valence-corrected chi connectivity index (χ0v) is 9.00. The summed E-state index contributed by atoms with van der Waals surface area (Å²) in [5.41, 5.74) is 6.13. The predicted molar refractivity (Wildman–Crippen MR) is 56.4 cm³/mol. The first kappa shape index (κ1) is 9.51. The van der Waals surface area contributed by atoms with Gasteiger partial charge in [-0.25, -0.2) is 0 Å². The van der Waals surface area contributed by atoms with Gasteiger partial charge in [-0.3, -0.25) is 0 Å². The van der Waals surface area contributed by atoms with Gasteiger partial charge in [-0.1, -0.05) is 20.3 Å². The third kappa shape index (κ3) is 1.90. The van der Waals surface area contributed by atoms with Gasteiger partial charge in [-0.05, 0) is 49.4 Å². The van der Waals surface area contributed by atoms with E-state index in [1.165, 1.54) is 32.1 Å². The molecular weight excluding hydrogens is 158 g/mol. The molecule has 13 heavy (non-hydrogen) atoms. The van der Waals surface area contributed by atoms with E-state index in [2.05, 4.69) is 13.8 Å². The van der Waals surface area contributed by atoms with E-state index in [4.69, 9.17) is 5.73 Å². The predicted octanol–water partition coefficient (Wildman–Crippen LogP) is 2.80. The Hall–Kier alpha value is -0.0400. The highest BCUT2D eigenvalue weighted by Crippen LogP contribution is 2.49. The zero-order valence-electron chi connectivity index (χ0n) is 9.00.